The van der Waals surface area contributed by atoms with Crippen LogP contribution in [0, 0.1) is 0 Å². The fourth-order valence-electron chi connectivity index (χ4n) is 8.45. The molecule has 0 nitrogen and oxygen atoms in total. The summed E-state index contributed by atoms with van der Waals surface area (Å²) < 4.78 is 0. The summed E-state index contributed by atoms with van der Waals surface area (Å²) in [4.78, 5) is 0. The Labute approximate surface area is 274 Å². The van der Waals surface area contributed by atoms with E-state index in [1.165, 1.54) is 98.7 Å². The number of hydrogen-bond donors (Lipinski definition) is 0. The third-order valence-electron chi connectivity index (χ3n) is 10.8. The van der Waals surface area contributed by atoms with Crippen molar-refractivity contribution in [2.45, 2.75) is 19.3 Å². The Morgan fingerprint density at radius 1 is 0.340 bits per heavy atom. The molecule has 9 aromatic rings. The van der Waals surface area contributed by atoms with Crippen LogP contribution in [0.2, 0.25) is 0 Å². The summed E-state index contributed by atoms with van der Waals surface area (Å²) in [5.74, 6) is 0. The number of hydrogen-bond acceptors (Lipinski definition) is 0. The molecule has 0 bridgehead atoms. The highest BCUT2D eigenvalue weighted by Gasteiger charge is 2.36. The monoisotopic (exact) mass is 596 g/mol. The van der Waals surface area contributed by atoms with Crippen molar-refractivity contribution in [3.8, 4) is 44.5 Å². The number of benzene rings is 9. The molecule has 10 rings (SSSR count). The fraction of sp³-hybridized carbons (Fsp3) is 0.0638. The van der Waals surface area contributed by atoms with Crippen molar-refractivity contribution in [2.24, 2.45) is 0 Å². The van der Waals surface area contributed by atoms with Gasteiger partial charge in [0.1, 0.15) is 0 Å². The summed E-state index contributed by atoms with van der Waals surface area (Å²) in [6.07, 6.45) is 0. The highest BCUT2D eigenvalue weighted by atomic mass is 14.4. The molecule has 9 aromatic carbocycles. The molecule has 0 aliphatic heterocycles. The van der Waals surface area contributed by atoms with Crippen molar-refractivity contribution in [3.63, 3.8) is 0 Å². The Balaban J connectivity index is 1.08. The first-order valence-corrected chi connectivity index (χ1v) is 16.6. The summed E-state index contributed by atoms with van der Waals surface area (Å²) >= 11 is 0. The largest absolute Gasteiger partial charge is 0.0622 e. The molecule has 0 unspecified atom stereocenters. The van der Waals surface area contributed by atoms with Crippen molar-refractivity contribution in [1.29, 1.82) is 0 Å². The molecule has 0 radical (unpaired) electrons. The van der Waals surface area contributed by atoms with Crippen LogP contribution in [0.3, 0.4) is 0 Å². The molecular weight excluding hydrogens is 565 g/mol. The standard InChI is InChI=1S/C47H32/c1-47(2)42-27-21-31-10-6-7-11-38(31)46(42)41-26-20-35(28-43(41)47)29-12-14-32(15-13-29)37-23-17-34-18-24-39-36(30-8-4-3-5-9-30)22-16-33-19-25-40(37)45(34)44(33)39/h3-28H,1-2H3. The number of rotatable bonds is 3. The third-order valence-corrected chi connectivity index (χ3v) is 10.8. The summed E-state index contributed by atoms with van der Waals surface area (Å²) in [6.45, 7) is 4.74. The van der Waals surface area contributed by atoms with Crippen molar-refractivity contribution >= 4 is 43.1 Å². The molecular formula is C47H32. The molecule has 0 fully saturated rings. The van der Waals surface area contributed by atoms with Crippen LogP contribution in [-0.2, 0) is 5.41 Å². The summed E-state index contributed by atoms with van der Waals surface area (Å²) in [7, 11) is 0. The first kappa shape index (κ1) is 26.5. The van der Waals surface area contributed by atoms with E-state index in [1.54, 1.807) is 0 Å². The maximum absolute atomic E-state index is 2.43. The second-order valence-electron chi connectivity index (χ2n) is 13.7. The van der Waals surface area contributed by atoms with Gasteiger partial charge in [0.25, 0.3) is 0 Å². The Kier molecular flexibility index (Phi) is 5.44. The van der Waals surface area contributed by atoms with Crippen LogP contribution in [0.5, 0.6) is 0 Å². The minimum atomic E-state index is -0.0489. The molecule has 0 heterocycles. The molecule has 0 saturated carbocycles. The van der Waals surface area contributed by atoms with E-state index >= 15 is 0 Å². The molecule has 0 heteroatoms. The van der Waals surface area contributed by atoms with E-state index in [0.29, 0.717) is 0 Å². The normalized spacial score (nSPS) is 13.5. The van der Waals surface area contributed by atoms with E-state index in [9.17, 15) is 0 Å². The summed E-state index contributed by atoms with van der Waals surface area (Å²) in [5.41, 5.74) is 13.1. The maximum Gasteiger partial charge on any atom is 0.0159 e. The molecule has 1 aliphatic rings. The minimum absolute atomic E-state index is 0.0489. The average molecular weight is 597 g/mol. The SMILES string of the molecule is CC1(C)c2cc(-c3ccc(-c4ccc5ccc6c(-c7ccccc7)ccc7ccc4c5c76)cc3)ccc2-c2c1ccc1ccccc21. The van der Waals surface area contributed by atoms with Crippen molar-refractivity contribution < 1.29 is 0 Å². The Bertz CT molecular complexity index is 2670. The second kappa shape index (κ2) is 9.64. The van der Waals surface area contributed by atoms with Crippen molar-refractivity contribution in [2.75, 3.05) is 0 Å². The lowest BCUT2D eigenvalue weighted by Crippen LogP contribution is -2.15. The van der Waals surface area contributed by atoms with Crippen LogP contribution in [0.15, 0.2) is 158 Å². The summed E-state index contributed by atoms with van der Waals surface area (Å²) in [6, 6.07) is 58.8. The Morgan fingerprint density at radius 3 is 1.57 bits per heavy atom. The lowest BCUT2D eigenvalue weighted by Gasteiger charge is -2.22. The quantitative estimate of drug-likeness (QED) is 0.178. The van der Waals surface area contributed by atoms with Crippen LogP contribution >= 0.6 is 0 Å². The van der Waals surface area contributed by atoms with E-state index in [0.717, 1.165) is 0 Å². The lowest BCUT2D eigenvalue weighted by atomic mass is 9.81. The fourth-order valence-corrected chi connectivity index (χ4v) is 8.45. The minimum Gasteiger partial charge on any atom is -0.0622 e. The zero-order valence-electron chi connectivity index (χ0n) is 26.5. The predicted octanol–water partition coefficient (Wildman–Crippen LogP) is 13.0. The van der Waals surface area contributed by atoms with Gasteiger partial charge in [-0.2, -0.15) is 0 Å². The highest BCUT2D eigenvalue weighted by molar-refractivity contribution is 6.27. The Morgan fingerprint density at radius 2 is 0.872 bits per heavy atom. The van der Waals surface area contributed by atoms with Gasteiger partial charge in [-0.25, -0.2) is 0 Å². The molecule has 47 heavy (non-hydrogen) atoms. The Hall–Kier alpha value is -5.72. The van der Waals surface area contributed by atoms with Gasteiger partial charge in [0.05, 0.1) is 0 Å². The van der Waals surface area contributed by atoms with Gasteiger partial charge in [0.2, 0.25) is 0 Å². The van der Waals surface area contributed by atoms with Crippen LogP contribution < -0.4 is 0 Å². The molecule has 0 spiro atoms. The van der Waals surface area contributed by atoms with Gasteiger partial charge in [-0.3, -0.25) is 0 Å². The van der Waals surface area contributed by atoms with E-state index in [4.69, 9.17) is 0 Å². The number of fused-ring (bicyclic) bond motifs is 5. The molecule has 1 aliphatic carbocycles. The van der Waals surface area contributed by atoms with Crippen LogP contribution in [0.1, 0.15) is 25.0 Å². The topological polar surface area (TPSA) is 0 Å². The molecule has 0 atom stereocenters. The summed E-state index contributed by atoms with van der Waals surface area (Å²) in [5, 5.41) is 10.6. The van der Waals surface area contributed by atoms with Gasteiger partial charge >= 0.3 is 0 Å². The lowest BCUT2D eigenvalue weighted by molar-refractivity contribution is 0.661. The van der Waals surface area contributed by atoms with E-state index < -0.39 is 0 Å². The van der Waals surface area contributed by atoms with E-state index in [-0.39, 0.29) is 5.41 Å². The average Bonchev–Trinajstić information content (AvgIpc) is 3.36. The maximum atomic E-state index is 2.43. The first-order valence-electron chi connectivity index (χ1n) is 16.6. The van der Waals surface area contributed by atoms with Gasteiger partial charge in [-0.15, -0.1) is 0 Å². The van der Waals surface area contributed by atoms with E-state index in [2.05, 4.69) is 172 Å². The van der Waals surface area contributed by atoms with Gasteiger partial charge < -0.3 is 0 Å². The smallest absolute Gasteiger partial charge is 0.0159 e. The van der Waals surface area contributed by atoms with Crippen molar-refractivity contribution in [1.82, 2.24) is 0 Å². The molecule has 0 aromatic heterocycles. The highest BCUT2D eigenvalue weighted by Crippen LogP contribution is 2.52. The predicted molar refractivity (Wildman–Crippen MR) is 202 cm³/mol. The van der Waals surface area contributed by atoms with Crippen LogP contribution in [0.25, 0.3) is 87.6 Å². The zero-order valence-corrected chi connectivity index (χ0v) is 26.5. The molecule has 0 saturated heterocycles. The van der Waals surface area contributed by atoms with Gasteiger partial charge in [0, 0.05) is 5.41 Å². The van der Waals surface area contributed by atoms with Crippen LogP contribution in [-0.4, -0.2) is 0 Å². The van der Waals surface area contributed by atoms with Crippen LogP contribution in [0.4, 0.5) is 0 Å². The van der Waals surface area contributed by atoms with Gasteiger partial charge in [-0.05, 0) is 105 Å². The van der Waals surface area contributed by atoms with Gasteiger partial charge in [0.15, 0.2) is 0 Å². The third kappa shape index (κ3) is 3.76. The molecule has 220 valence electrons. The van der Waals surface area contributed by atoms with Crippen molar-refractivity contribution in [3.05, 3.63) is 169 Å². The van der Waals surface area contributed by atoms with E-state index in [1.807, 2.05) is 0 Å². The zero-order chi connectivity index (χ0) is 31.3. The molecule has 0 N–H and O–H groups in total. The van der Waals surface area contributed by atoms with Gasteiger partial charge in [-0.1, -0.05) is 166 Å². The first-order chi connectivity index (χ1) is 23.1. The molecule has 0 amide bonds. The second-order valence-corrected chi connectivity index (χ2v) is 13.7.